The van der Waals surface area contributed by atoms with E-state index >= 15 is 0 Å². The first-order valence-electron chi connectivity index (χ1n) is 8.37. The fourth-order valence-electron chi connectivity index (χ4n) is 2.49. The molecule has 1 aromatic heterocycles. The average molecular weight is 384 g/mol. The quantitative estimate of drug-likeness (QED) is 0.575. The number of aromatic nitrogens is 2. The Morgan fingerprint density at radius 3 is 2.70 bits per heavy atom. The van der Waals surface area contributed by atoms with Crippen molar-refractivity contribution in [2.75, 3.05) is 17.7 Å². The van der Waals surface area contributed by atoms with Gasteiger partial charge in [0.15, 0.2) is 5.16 Å². The molecule has 0 unspecified atom stereocenters. The maximum Gasteiger partial charge on any atom is 0.234 e. The number of amides is 1. The summed E-state index contributed by atoms with van der Waals surface area (Å²) in [5, 5.41) is 14.0. The van der Waals surface area contributed by atoms with Crippen LogP contribution in [0.2, 0.25) is 0 Å². The van der Waals surface area contributed by atoms with E-state index in [4.69, 9.17) is 4.74 Å². The Bertz CT molecular complexity index is 953. The van der Waals surface area contributed by atoms with Gasteiger partial charge >= 0.3 is 0 Å². The summed E-state index contributed by atoms with van der Waals surface area (Å²) in [5.41, 5.74) is 2.89. The Balaban J connectivity index is 1.55. The van der Waals surface area contributed by atoms with E-state index in [9.17, 15) is 14.7 Å². The van der Waals surface area contributed by atoms with Crippen molar-refractivity contribution in [3.63, 3.8) is 0 Å². The molecule has 140 valence electrons. The molecule has 1 heterocycles. The molecule has 2 aromatic carbocycles. The molecule has 2 N–H and O–H groups in total. The molecule has 0 atom stereocenters. The van der Waals surface area contributed by atoms with Crippen LogP contribution in [0.4, 0.5) is 5.69 Å². The lowest BCUT2D eigenvalue weighted by atomic mass is 10.1. The molecule has 0 bridgehead atoms. The summed E-state index contributed by atoms with van der Waals surface area (Å²) in [4.78, 5) is 30.3. The minimum Gasteiger partial charge on any atom is -0.550 e. The number of aromatic amines is 1. The zero-order chi connectivity index (χ0) is 19.2. The predicted molar refractivity (Wildman–Crippen MR) is 102 cm³/mol. The molecule has 0 aliphatic carbocycles. The number of imidazole rings is 1. The number of hydrogen-bond donors (Lipinski definition) is 2. The summed E-state index contributed by atoms with van der Waals surface area (Å²) in [6, 6.07) is 12.2. The minimum absolute atomic E-state index is 0.152. The van der Waals surface area contributed by atoms with Gasteiger partial charge in [0.25, 0.3) is 0 Å². The maximum atomic E-state index is 12.1. The molecular weight excluding hydrogens is 366 g/mol. The van der Waals surface area contributed by atoms with Crippen molar-refractivity contribution < 1.29 is 19.4 Å². The van der Waals surface area contributed by atoms with Crippen LogP contribution in [0.15, 0.2) is 47.6 Å². The van der Waals surface area contributed by atoms with Gasteiger partial charge in [0.2, 0.25) is 5.91 Å². The molecule has 8 heteroatoms. The smallest absolute Gasteiger partial charge is 0.234 e. The zero-order valence-electron chi connectivity index (χ0n) is 14.7. The molecular formula is C19H18N3O4S-. The van der Waals surface area contributed by atoms with Gasteiger partial charge in [-0.05, 0) is 36.8 Å². The summed E-state index contributed by atoms with van der Waals surface area (Å²) in [6.45, 7) is 2.52. The van der Waals surface area contributed by atoms with Crippen LogP contribution in [-0.2, 0) is 16.0 Å². The molecule has 0 saturated carbocycles. The van der Waals surface area contributed by atoms with Crippen LogP contribution >= 0.6 is 11.8 Å². The lowest BCUT2D eigenvalue weighted by Crippen LogP contribution is -2.24. The Morgan fingerprint density at radius 1 is 1.22 bits per heavy atom. The third kappa shape index (κ3) is 5.24. The van der Waals surface area contributed by atoms with Crippen molar-refractivity contribution in [3.05, 3.63) is 48.0 Å². The largest absolute Gasteiger partial charge is 0.550 e. The van der Waals surface area contributed by atoms with Crippen LogP contribution in [0, 0.1) is 0 Å². The molecule has 0 aliphatic rings. The number of H-pyrrole nitrogens is 1. The van der Waals surface area contributed by atoms with Gasteiger partial charge in [-0.15, -0.1) is 0 Å². The first-order valence-corrected chi connectivity index (χ1v) is 9.36. The number of anilines is 1. The van der Waals surface area contributed by atoms with Crippen LogP contribution < -0.4 is 15.2 Å². The van der Waals surface area contributed by atoms with Gasteiger partial charge in [-0.1, -0.05) is 23.9 Å². The van der Waals surface area contributed by atoms with E-state index in [1.807, 2.05) is 25.1 Å². The van der Waals surface area contributed by atoms with Gasteiger partial charge in [0.05, 0.1) is 23.4 Å². The van der Waals surface area contributed by atoms with Gasteiger partial charge in [0.1, 0.15) is 5.75 Å². The standard InChI is InChI=1S/C19H19N3O4S/c1-2-26-14-7-8-15-16(10-14)22-19(21-15)27-11-17(23)20-13-5-3-12(4-6-13)9-18(24)25/h3-8,10H,2,9,11H2,1H3,(H,20,23)(H,21,22)(H,24,25)/p-1. The normalized spacial score (nSPS) is 10.7. The van der Waals surface area contributed by atoms with Gasteiger partial charge in [0, 0.05) is 24.1 Å². The van der Waals surface area contributed by atoms with E-state index in [-0.39, 0.29) is 18.1 Å². The van der Waals surface area contributed by atoms with Crippen LogP contribution in [0.25, 0.3) is 11.0 Å². The van der Waals surface area contributed by atoms with Crippen molar-refractivity contribution in [1.82, 2.24) is 9.97 Å². The second-order valence-electron chi connectivity index (χ2n) is 5.74. The van der Waals surface area contributed by atoms with Gasteiger partial charge in [-0.25, -0.2) is 4.98 Å². The van der Waals surface area contributed by atoms with Gasteiger partial charge in [-0.3, -0.25) is 4.79 Å². The van der Waals surface area contributed by atoms with E-state index in [1.165, 1.54) is 11.8 Å². The Kier molecular flexibility index (Phi) is 5.97. The predicted octanol–water partition coefficient (Wildman–Crippen LogP) is 1.98. The number of thioether (sulfide) groups is 1. The van der Waals surface area contributed by atoms with E-state index in [1.54, 1.807) is 24.3 Å². The molecule has 27 heavy (non-hydrogen) atoms. The average Bonchev–Trinajstić information content (AvgIpc) is 3.04. The number of benzene rings is 2. The highest BCUT2D eigenvalue weighted by Crippen LogP contribution is 2.23. The Morgan fingerprint density at radius 2 is 2.00 bits per heavy atom. The van der Waals surface area contributed by atoms with Crippen LogP contribution in [0.1, 0.15) is 12.5 Å². The summed E-state index contributed by atoms with van der Waals surface area (Å²) in [5.74, 6) is -0.352. The number of carboxylic acids is 1. The van der Waals surface area contributed by atoms with Crippen LogP contribution in [0.3, 0.4) is 0 Å². The number of fused-ring (bicyclic) bond motifs is 1. The number of carbonyl (C=O) groups is 2. The lowest BCUT2D eigenvalue weighted by Gasteiger charge is -2.06. The number of nitrogens with one attached hydrogen (secondary N) is 2. The van der Waals surface area contributed by atoms with Crippen LogP contribution in [0.5, 0.6) is 5.75 Å². The molecule has 0 radical (unpaired) electrons. The van der Waals surface area contributed by atoms with Gasteiger partial charge in [-0.2, -0.15) is 0 Å². The van der Waals surface area contributed by atoms with Gasteiger partial charge < -0.3 is 24.9 Å². The van der Waals surface area contributed by atoms with E-state index < -0.39 is 5.97 Å². The molecule has 1 amide bonds. The first-order chi connectivity index (χ1) is 13.0. The summed E-state index contributed by atoms with van der Waals surface area (Å²) >= 11 is 1.30. The molecule has 0 spiro atoms. The number of aliphatic carboxylic acids is 1. The molecule has 0 saturated heterocycles. The zero-order valence-corrected chi connectivity index (χ0v) is 15.5. The van der Waals surface area contributed by atoms with Crippen molar-refractivity contribution in [2.45, 2.75) is 18.5 Å². The Hall–Kier alpha value is -3.00. The summed E-state index contributed by atoms with van der Waals surface area (Å²) in [6.07, 6.45) is -0.152. The maximum absolute atomic E-state index is 12.1. The highest BCUT2D eigenvalue weighted by Gasteiger charge is 2.08. The molecule has 7 nitrogen and oxygen atoms in total. The second-order valence-corrected chi connectivity index (χ2v) is 6.70. The Labute approximate surface area is 160 Å². The first kappa shape index (κ1) is 18.8. The third-order valence-corrected chi connectivity index (χ3v) is 4.54. The number of hydrogen-bond acceptors (Lipinski definition) is 6. The SMILES string of the molecule is CCOc1ccc2nc(SCC(=O)Nc3ccc(CC(=O)[O-])cc3)[nH]c2c1. The van der Waals surface area contributed by atoms with E-state index in [0.717, 1.165) is 16.8 Å². The molecule has 0 fully saturated rings. The van der Waals surface area contributed by atoms with Crippen molar-refractivity contribution in [2.24, 2.45) is 0 Å². The number of ether oxygens (including phenoxy) is 1. The molecule has 3 rings (SSSR count). The van der Waals surface area contributed by atoms with Crippen molar-refractivity contribution in [3.8, 4) is 5.75 Å². The number of rotatable bonds is 8. The number of carboxylic acid groups (broad SMARTS) is 1. The fraction of sp³-hybridized carbons (Fsp3) is 0.211. The monoisotopic (exact) mass is 384 g/mol. The minimum atomic E-state index is -1.14. The lowest BCUT2D eigenvalue weighted by molar-refractivity contribution is -0.304. The highest BCUT2D eigenvalue weighted by atomic mass is 32.2. The summed E-state index contributed by atoms with van der Waals surface area (Å²) < 4.78 is 5.46. The van der Waals surface area contributed by atoms with Crippen molar-refractivity contribution >= 4 is 40.4 Å². The fourth-order valence-corrected chi connectivity index (χ4v) is 3.18. The molecule has 3 aromatic rings. The second kappa shape index (κ2) is 8.59. The van der Waals surface area contributed by atoms with E-state index in [2.05, 4.69) is 15.3 Å². The number of nitrogens with zero attached hydrogens (tertiary/aromatic N) is 1. The van der Waals surface area contributed by atoms with Crippen molar-refractivity contribution in [1.29, 1.82) is 0 Å². The topological polar surface area (TPSA) is 107 Å². The van der Waals surface area contributed by atoms with E-state index in [0.29, 0.717) is 23.0 Å². The van der Waals surface area contributed by atoms with Crippen LogP contribution in [-0.4, -0.2) is 34.2 Å². The number of carbonyl (C=O) groups excluding carboxylic acids is 2. The molecule has 0 aliphatic heterocycles. The third-order valence-electron chi connectivity index (χ3n) is 3.67. The highest BCUT2D eigenvalue weighted by molar-refractivity contribution is 7.99. The summed E-state index contributed by atoms with van der Waals surface area (Å²) in [7, 11) is 0.